The van der Waals surface area contributed by atoms with E-state index in [0.29, 0.717) is 30.3 Å². The van der Waals surface area contributed by atoms with Crippen LogP contribution in [0.25, 0.3) is 0 Å². The van der Waals surface area contributed by atoms with Crippen molar-refractivity contribution >= 4 is 38.9 Å². The second kappa shape index (κ2) is 6.47. The average Bonchev–Trinajstić information content (AvgIpc) is 3.18. The molecule has 0 aromatic carbocycles. The maximum Gasteiger partial charge on any atom is 0.252 e. The van der Waals surface area contributed by atoms with Gasteiger partial charge in [-0.3, -0.25) is 4.79 Å². The second-order valence-corrected chi connectivity index (χ2v) is 9.65. The van der Waals surface area contributed by atoms with Crippen LogP contribution in [0.1, 0.15) is 25.7 Å². The van der Waals surface area contributed by atoms with Crippen LogP contribution >= 0.6 is 22.9 Å². The quantitative estimate of drug-likeness (QED) is 0.829. The summed E-state index contributed by atoms with van der Waals surface area (Å²) in [5.74, 6) is 0.171. The smallest absolute Gasteiger partial charge is 0.252 e. The summed E-state index contributed by atoms with van der Waals surface area (Å²) >= 11 is 6.90. The molecular weight excluding hydrogens is 344 g/mol. The molecule has 0 unspecified atom stereocenters. The van der Waals surface area contributed by atoms with Crippen molar-refractivity contribution in [3.63, 3.8) is 0 Å². The molecule has 2 saturated heterocycles. The number of amides is 1. The Bertz CT molecular complexity index is 645. The van der Waals surface area contributed by atoms with Crippen LogP contribution in [0, 0.1) is 5.92 Å². The molecule has 0 atom stereocenters. The van der Waals surface area contributed by atoms with Gasteiger partial charge >= 0.3 is 0 Å². The Morgan fingerprint density at radius 3 is 2.32 bits per heavy atom. The van der Waals surface area contributed by atoms with Crippen LogP contribution in [0.5, 0.6) is 0 Å². The normalized spacial score (nSPS) is 21.4. The Balaban J connectivity index is 1.63. The summed E-state index contributed by atoms with van der Waals surface area (Å²) in [7, 11) is -3.47. The molecule has 122 valence electrons. The third kappa shape index (κ3) is 3.18. The highest BCUT2D eigenvalue weighted by atomic mass is 35.5. The Hall–Kier alpha value is -0.630. The molecule has 2 aliphatic heterocycles. The zero-order valence-electron chi connectivity index (χ0n) is 12.2. The third-order valence-electron chi connectivity index (χ3n) is 4.36. The van der Waals surface area contributed by atoms with Gasteiger partial charge in [-0.15, -0.1) is 11.3 Å². The lowest BCUT2D eigenvalue weighted by Gasteiger charge is -2.32. The van der Waals surface area contributed by atoms with Crippen molar-refractivity contribution in [2.75, 3.05) is 26.2 Å². The Morgan fingerprint density at radius 2 is 1.77 bits per heavy atom. The minimum Gasteiger partial charge on any atom is -0.342 e. The molecule has 22 heavy (non-hydrogen) atoms. The van der Waals surface area contributed by atoms with Gasteiger partial charge in [0.15, 0.2) is 0 Å². The van der Waals surface area contributed by atoms with Crippen LogP contribution in [0.2, 0.25) is 4.34 Å². The summed E-state index contributed by atoms with van der Waals surface area (Å²) in [6, 6.07) is 3.15. The molecule has 8 heteroatoms. The van der Waals surface area contributed by atoms with Gasteiger partial charge in [-0.1, -0.05) is 11.6 Å². The summed E-state index contributed by atoms with van der Waals surface area (Å²) in [6.07, 6.45) is 3.37. The molecule has 5 nitrogen and oxygen atoms in total. The highest BCUT2D eigenvalue weighted by molar-refractivity contribution is 7.91. The number of carbonyl (C=O) groups is 1. The predicted molar refractivity (Wildman–Crippen MR) is 86.6 cm³/mol. The van der Waals surface area contributed by atoms with Crippen LogP contribution in [-0.4, -0.2) is 49.7 Å². The molecular formula is C14H19ClN2O3S2. The molecule has 0 aliphatic carbocycles. The number of sulfonamides is 1. The first kappa shape index (κ1) is 16.2. The number of likely N-dealkylation sites (tertiary alicyclic amines) is 1. The van der Waals surface area contributed by atoms with E-state index in [-0.39, 0.29) is 16.0 Å². The predicted octanol–water partition coefficient (Wildman–Crippen LogP) is 2.42. The van der Waals surface area contributed by atoms with Crippen LogP contribution in [0.15, 0.2) is 16.3 Å². The lowest BCUT2D eigenvalue weighted by molar-refractivity contribution is -0.135. The largest absolute Gasteiger partial charge is 0.342 e. The van der Waals surface area contributed by atoms with Crippen LogP contribution < -0.4 is 0 Å². The lowest BCUT2D eigenvalue weighted by atomic mass is 9.97. The highest BCUT2D eigenvalue weighted by Crippen LogP contribution is 2.31. The van der Waals surface area contributed by atoms with Crippen molar-refractivity contribution in [2.45, 2.75) is 29.9 Å². The number of carbonyl (C=O) groups excluding carboxylic acids is 1. The minimum absolute atomic E-state index is 0.0310. The molecule has 1 aromatic rings. The SMILES string of the molecule is O=C(C1CCN(S(=O)(=O)c2ccc(Cl)s2)CC1)N1CCCC1. The van der Waals surface area contributed by atoms with E-state index >= 15 is 0 Å². The third-order valence-corrected chi connectivity index (χ3v) is 7.96. The van der Waals surface area contributed by atoms with E-state index in [1.807, 2.05) is 4.90 Å². The molecule has 2 fully saturated rings. The zero-order chi connectivity index (χ0) is 15.7. The van der Waals surface area contributed by atoms with Gasteiger partial charge < -0.3 is 4.90 Å². The van der Waals surface area contributed by atoms with Gasteiger partial charge in [0, 0.05) is 32.1 Å². The zero-order valence-corrected chi connectivity index (χ0v) is 14.6. The first-order chi connectivity index (χ1) is 10.5. The maximum absolute atomic E-state index is 12.5. The average molecular weight is 363 g/mol. The highest BCUT2D eigenvalue weighted by Gasteiger charge is 2.34. The molecule has 0 spiro atoms. The summed E-state index contributed by atoms with van der Waals surface area (Å²) < 4.78 is 27.3. The first-order valence-corrected chi connectivity index (χ1v) is 10.2. The molecule has 0 radical (unpaired) electrons. The molecule has 3 heterocycles. The van der Waals surface area contributed by atoms with Crippen molar-refractivity contribution in [3.8, 4) is 0 Å². The van der Waals surface area contributed by atoms with E-state index in [9.17, 15) is 13.2 Å². The fraction of sp³-hybridized carbons (Fsp3) is 0.643. The number of nitrogens with zero attached hydrogens (tertiary/aromatic N) is 2. The fourth-order valence-electron chi connectivity index (χ4n) is 3.10. The summed E-state index contributed by atoms with van der Waals surface area (Å²) in [5.41, 5.74) is 0. The standard InChI is InChI=1S/C14H19ClN2O3S2/c15-12-3-4-13(21-12)22(19,20)17-9-5-11(6-10-17)14(18)16-7-1-2-8-16/h3-4,11H,1-2,5-10H2. The molecule has 1 amide bonds. The summed E-state index contributed by atoms with van der Waals surface area (Å²) in [4.78, 5) is 14.3. The topological polar surface area (TPSA) is 57.7 Å². The van der Waals surface area contributed by atoms with E-state index in [2.05, 4.69) is 0 Å². The van der Waals surface area contributed by atoms with Crippen LogP contribution in [0.4, 0.5) is 0 Å². The first-order valence-electron chi connectivity index (χ1n) is 7.53. The van der Waals surface area contributed by atoms with Gasteiger partial charge in [0.25, 0.3) is 10.0 Å². The Morgan fingerprint density at radius 1 is 1.14 bits per heavy atom. The Labute approximate surface area is 139 Å². The molecule has 0 saturated carbocycles. The van der Waals surface area contributed by atoms with Crippen LogP contribution in [0.3, 0.4) is 0 Å². The number of hydrogen-bond acceptors (Lipinski definition) is 4. The summed E-state index contributed by atoms with van der Waals surface area (Å²) in [5, 5.41) is 0. The van der Waals surface area contributed by atoms with Gasteiger partial charge in [-0.25, -0.2) is 8.42 Å². The van der Waals surface area contributed by atoms with Gasteiger partial charge in [-0.2, -0.15) is 4.31 Å². The van der Waals surface area contributed by atoms with E-state index in [1.54, 1.807) is 12.1 Å². The molecule has 1 aromatic heterocycles. The van der Waals surface area contributed by atoms with Crippen molar-refractivity contribution in [1.82, 2.24) is 9.21 Å². The van der Waals surface area contributed by atoms with E-state index in [4.69, 9.17) is 11.6 Å². The van der Waals surface area contributed by atoms with Crippen LogP contribution in [-0.2, 0) is 14.8 Å². The molecule has 0 N–H and O–H groups in total. The van der Waals surface area contributed by atoms with Crippen molar-refractivity contribution in [1.29, 1.82) is 0 Å². The number of thiophene rings is 1. The van der Waals surface area contributed by atoms with Crippen molar-refractivity contribution in [2.24, 2.45) is 5.92 Å². The number of halogens is 1. The number of hydrogen-bond donors (Lipinski definition) is 0. The van der Waals surface area contributed by atoms with Gasteiger partial charge in [0.1, 0.15) is 4.21 Å². The fourth-order valence-corrected chi connectivity index (χ4v) is 6.21. The molecule has 3 rings (SSSR count). The number of rotatable bonds is 3. The van der Waals surface area contributed by atoms with E-state index in [1.165, 1.54) is 4.31 Å². The minimum atomic E-state index is -3.47. The molecule has 0 bridgehead atoms. The summed E-state index contributed by atoms with van der Waals surface area (Å²) in [6.45, 7) is 2.51. The lowest BCUT2D eigenvalue weighted by Crippen LogP contribution is -2.43. The monoisotopic (exact) mass is 362 g/mol. The van der Waals surface area contributed by atoms with Crippen molar-refractivity contribution < 1.29 is 13.2 Å². The van der Waals surface area contributed by atoms with E-state index in [0.717, 1.165) is 37.3 Å². The second-order valence-electron chi connectivity index (χ2n) is 5.77. The number of piperidine rings is 1. The van der Waals surface area contributed by atoms with Gasteiger partial charge in [-0.05, 0) is 37.8 Å². The molecule has 2 aliphatic rings. The van der Waals surface area contributed by atoms with Gasteiger partial charge in [0.2, 0.25) is 5.91 Å². The van der Waals surface area contributed by atoms with Crippen molar-refractivity contribution in [3.05, 3.63) is 16.5 Å². The van der Waals surface area contributed by atoms with Gasteiger partial charge in [0.05, 0.1) is 4.34 Å². The maximum atomic E-state index is 12.5. The van der Waals surface area contributed by atoms with E-state index < -0.39 is 10.0 Å². The Kier molecular flexibility index (Phi) is 4.77.